The van der Waals surface area contributed by atoms with Crippen molar-refractivity contribution < 1.29 is 34.8 Å². The number of primary amides is 1. The Hall–Kier alpha value is -5.56. The summed E-state index contributed by atoms with van der Waals surface area (Å²) in [7, 11) is 1.59. The fourth-order valence-corrected chi connectivity index (χ4v) is 6.98. The number of carbonyl (C=O) groups is 2. The molecular formula is C45H52N4O7. The first-order valence-corrected chi connectivity index (χ1v) is 18.7. The number of aliphatic hydroxyl groups is 3. The first kappa shape index (κ1) is 41.6. The van der Waals surface area contributed by atoms with Crippen LogP contribution in [0.2, 0.25) is 0 Å². The Morgan fingerprint density at radius 2 is 1.43 bits per heavy atom. The Kier molecular flexibility index (Phi) is 14.4. The third-order valence-corrected chi connectivity index (χ3v) is 9.99. The molecule has 5 aromatic rings. The van der Waals surface area contributed by atoms with Crippen LogP contribution in [0.1, 0.15) is 63.7 Å². The van der Waals surface area contributed by atoms with Crippen molar-refractivity contribution in [3.05, 3.63) is 160 Å². The molecule has 0 radical (unpaired) electrons. The molecule has 0 saturated heterocycles. The topological polar surface area (TPSA) is 186 Å². The fourth-order valence-electron chi connectivity index (χ4n) is 6.98. The molecule has 0 saturated carbocycles. The number of hydrogen-bond acceptors (Lipinski definition) is 9. The van der Waals surface area contributed by atoms with Crippen molar-refractivity contribution in [2.45, 2.75) is 62.9 Å². The predicted molar refractivity (Wildman–Crippen MR) is 218 cm³/mol. The van der Waals surface area contributed by atoms with E-state index in [1.54, 1.807) is 19.2 Å². The van der Waals surface area contributed by atoms with Crippen molar-refractivity contribution in [2.24, 2.45) is 5.73 Å². The molecule has 0 aliphatic rings. The van der Waals surface area contributed by atoms with Crippen molar-refractivity contribution in [1.29, 1.82) is 0 Å². The standard InChI is InChI=1S/C45H52N4O7/c1-29(22-31-10-6-4-7-11-31)47-28-45(55,36-18-16-34(39(26-36)49-41(52)27-50)24-33-14-19-37(56-3)20-15-33)43(48-30(2)23-32-12-8-5-9-13-32)42(53)35-17-21-40(51)38(25-35)44(46)54/h4-21,25-26,29-30,42-43,47-48,50-51,53,55H,22-24,27-28H2,1-3H3,(H2,46,54)(H,49,52)/t29-,30-,42-,43?,45+/m1/s1. The third kappa shape index (κ3) is 10.8. The number of anilines is 1. The summed E-state index contributed by atoms with van der Waals surface area (Å²) < 4.78 is 5.31. The lowest BCUT2D eigenvalue weighted by Crippen LogP contribution is -2.59. The summed E-state index contributed by atoms with van der Waals surface area (Å²) in [5.74, 6) is -1.14. The van der Waals surface area contributed by atoms with E-state index in [1.807, 2.05) is 105 Å². The number of nitrogens with two attached hydrogens (primary N) is 1. The van der Waals surface area contributed by atoms with E-state index in [9.17, 15) is 30.0 Å². The van der Waals surface area contributed by atoms with Crippen LogP contribution >= 0.6 is 0 Å². The van der Waals surface area contributed by atoms with Gasteiger partial charge >= 0.3 is 0 Å². The van der Waals surface area contributed by atoms with Crippen LogP contribution in [0, 0.1) is 0 Å². The Balaban J connectivity index is 1.62. The van der Waals surface area contributed by atoms with Gasteiger partial charge in [-0.25, -0.2) is 0 Å². The van der Waals surface area contributed by atoms with Crippen molar-refractivity contribution in [2.75, 3.05) is 25.6 Å². The summed E-state index contributed by atoms with van der Waals surface area (Å²) in [5.41, 5.74) is 8.29. The van der Waals surface area contributed by atoms with Gasteiger partial charge in [0, 0.05) is 24.3 Å². The second-order valence-electron chi connectivity index (χ2n) is 14.3. The smallest absolute Gasteiger partial charge is 0.252 e. The number of rotatable bonds is 19. The number of aliphatic hydroxyl groups excluding tert-OH is 2. The second kappa shape index (κ2) is 19.3. The lowest BCUT2D eigenvalue weighted by molar-refractivity contribution is -0.118. The van der Waals surface area contributed by atoms with Gasteiger partial charge in [0.15, 0.2) is 0 Å². The van der Waals surface area contributed by atoms with Crippen molar-refractivity contribution >= 4 is 17.5 Å². The number of benzene rings is 5. The highest BCUT2D eigenvalue weighted by atomic mass is 16.5. The highest BCUT2D eigenvalue weighted by Gasteiger charge is 2.44. The summed E-state index contributed by atoms with van der Waals surface area (Å²) in [6.45, 7) is 3.15. The molecule has 2 amide bonds. The van der Waals surface area contributed by atoms with Crippen molar-refractivity contribution in [1.82, 2.24) is 10.6 Å². The van der Waals surface area contributed by atoms with E-state index in [2.05, 4.69) is 16.0 Å². The Labute approximate surface area is 328 Å². The minimum absolute atomic E-state index is 0.0558. The van der Waals surface area contributed by atoms with Crippen LogP contribution in [0.15, 0.2) is 121 Å². The zero-order valence-electron chi connectivity index (χ0n) is 32.0. The van der Waals surface area contributed by atoms with E-state index >= 15 is 0 Å². The number of hydrogen-bond donors (Lipinski definition) is 8. The van der Waals surface area contributed by atoms with Gasteiger partial charge in [0.1, 0.15) is 23.7 Å². The monoisotopic (exact) mass is 760 g/mol. The number of ether oxygens (including phenoxy) is 1. The average Bonchev–Trinajstić information content (AvgIpc) is 3.20. The number of phenols is 1. The van der Waals surface area contributed by atoms with Crippen LogP contribution < -0.4 is 26.4 Å². The molecule has 5 atom stereocenters. The Morgan fingerprint density at radius 1 is 0.804 bits per heavy atom. The second-order valence-corrected chi connectivity index (χ2v) is 14.3. The number of amides is 2. The molecule has 5 rings (SSSR count). The largest absolute Gasteiger partial charge is 0.507 e. The summed E-state index contributed by atoms with van der Waals surface area (Å²) >= 11 is 0. The molecule has 11 nitrogen and oxygen atoms in total. The quantitative estimate of drug-likeness (QED) is 0.0588. The van der Waals surface area contributed by atoms with Crippen LogP contribution in [0.25, 0.3) is 0 Å². The summed E-state index contributed by atoms with van der Waals surface area (Å²) in [6, 6.07) is 35.1. The van der Waals surface area contributed by atoms with Gasteiger partial charge in [-0.05, 0) is 96.8 Å². The van der Waals surface area contributed by atoms with Crippen molar-refractivity contribution in [3.8, 4) is 11.5 Å². The molecule has 9 N–H and O–H groups in total. The highest BCUT2D eigenvalue weighted by Crippen LogP contribution is 2.37. The number of nitrogens with one attached hydrogen (secondary N) is 3. The number of aromatic hydroxyl groups is 1. The molecule has 0 aromatic heterocycles. The number of carbonyl (C=O) groups excluding carboxylic acids is 2. The van der Waals surface area contributed by atoms with E-state index in [0.29, 0.717) is 36.3 Å². The van der Waals surface area contributed by atoms with Crippen LogP contribution in [0.5, 0.6) is 11.5 Å². The van der Waals surface area contributed by atoms with Crippen molar-refractivity contribution in [3.63, 3.8) is 0 Å². The van der Waals surface area contributed by atoms with Gasteiger partial charge in [-0.3, -0.25) is 9.59 Å². The maximum atomic E-state index is 13.3. The first-order chi connectivity index (χ1) is 26.9. The Bertz CT molecular complexity index is 2050. The Morgan fingerprint density at radius 3 is 2.02 bits per heavy atom. The van der Waals surface area contributed by atoms with Gasteiger partial charge in [0.2, 0.25) is 5.91 Å². The van der Waals surface area contributed by atoms with Gasteiger partial charge in [-0.2, -0.15) is 0 Å². The van der Waals surface area contributed by atoms with Crippen LogP contribution in [0.3, 0.4) is 0 Å². The van der Waals surface area contributed by atoms with E-state index in [1.165, 1.54) is 18.2 Å². The summed E-state index contributed by atoms with van der Waals surface area (Å²) in [6.07, 6.45) is 0.176. The van der Waals surface area contributed by atoms with E-state index < -0.39 is 36.2 Å². The molecule has 294 valence electrons. The summed E-state index contributed by atoms with van der Waals surface area (Å²) in [4.78, 5) is 25.0. The summed E-state index contributed by atoms with van der Waals surface area (Å²) in [5, 5.41) is 55.6. The zero-order chi connectivity index (χ0) is 40.2. The normalized spacial score (nSPS) is 14.5. The lowest BCUT2D eigenvalue weighted by atomic mass is 9.79. The first-order valence-electron chi connectivity index (χ1n) is 18.7. The van der Waals surface area contributed by atoms with Crippen LogP contribution in [-0.2, 0) is 29.7 Å². The van der Waals surface area contributed by atoms with Crippen LogP contribution in [0.4, 0.5) is 5.69 Å². The van der Waals surface area contributed by atoms with Gasteiger partial charge in [0.05, 0.1) is 24.8 Å². The lowest BCUT2D eigenvalue weighted by Gasteiger charge is -2.42. The molecule has 0 aliphatic carbocycles. The molecule has 0 fully saturated rings. The number of methoxy groups -OCH3 is 1. The van der Waals surface area contributed by atoms with Gasteiger partial charge < -0.3 is 46.8 Å². The van der Waals surface area contributed by atoms with Gasteiger partial charge in [0.25, 0.3) is 5.91 Å². The average molecular weight is 761 g/mol. The molecule has 11 heteroatoms. The molecule has 5 aromatic carbocycles. The highest BCUT2D eigenvalue weighted by molar-refractivity contribution is 5.95. The fraction of sp³-hybridized carbons (Fsp3) is 0.289. The SMILES string of the molecule is COc1ccc(Cc2ccc([C@@](O)(CN[C@H](C)Cc3ccccc3)C(N[C@H](C)Cc3ccccc3)[C@H](O)c3ccc(O)c(C(N)=O)c3)cc2NC(=O)CO)cc1. The zero-order valence-corrected chi connectivity index (χ0v) is 32.0. The van der Waals surface area contributed by atoms with Crippen LogP contribution in [-0.4, -0.2) is 70.6 Å². The third-order valence-electron chi connectivity index (χ3n) is 9.99. The maximum absolute atomic E-state index is 13.3. The van der Waals surface area contributed by atoms with Gasteiger partial charge in [-0.15, -0.1) is 0 Å². The molecule has 0 bridgehead atoms. The molecule has 56 heavy (non-hydrogen) atoms. The molecule has 0 heterocycles. The van der Waals surface area contributed by atoms with E-state index in [-0.39, 0.29) is 35.5 Å². The van der Waals surface area contributed by atoms with E-state index in [4.69, 9.17) is 10.5 Å². The van der Waals surface area contributed by atoms with E-state index in [0.717, 1.165) is 22.3 Å². The minimum atomic E-state index is -1.89. The maximum Gasteiger partial charge on any atom is 0.252 e. The predicted octanol–water partition coefficient (Wildman–Crippen LogP) is 4.75. The molecule has 1 unspecified atom stereocenters. The molecular weight excluding hydrogens is 709 g/mol. The minimum Gasteiger partial charge on any atom is -0.507 e. The van der Waals surface area contributed by atoms with Gasteiger partial charge in [-0.1, -0.05) is 91.0 Å². The molecule has 0 spiro atoms. The molecule has 0 aliphatic heterocycles.